The number of nitrogens with two attached hydrogens (primary N) is 1. The molecular weight excluding hydrogens is 236 g/mol. The number of nitrogens with zero attached hydrogens (tertiary/aromatic N) is 2. The van der Waals surface area contributed by atoms with Crippen LogP contribution in [0.2, 0.25) is 0 Å². The molecule has 0 saturated heterocycles. The molecule has 1 heterocycles. The van der Waals surface area contributed by atoms with Gasteiger partial charge in [-0.05, 0) is 50.2 Å². The molecule has 1 aromatic carbocycles. The number of rotatable bonds is 3. The third-order valence-electron chi connectivity index (χ3n) is 3.74. The first kappa shape index (κ1) is 12.2. The average Bonchev–Trinajstić information content (AvgIpc) is 2.46. The van der Waals surface area contributed by atoms with Gasteiger partial charge in [-0.3, -0.25) is 0 Å². The molecule has 0 unspecified atom stereocenters. The van der Waals surface area contributed by atoms with Gasteiger partial charge in [0.25, 0.3) is 0 Å². The average molecular weight is 255 g/mol. The van der Waals surface area contributed by atoms with Gasteiger partial charge in [-0.1, -0.05) is 12.1 Å². The van der Waals surface area contributed by atoms with Crippen LogP contribution in [0.15, 0.2) is 24.3 Å². The normalized spacial score (nSPS) is 16.6. The lowest BCUT2D eigenvalue weighted by atomic mass is 9.89. The predicted molar refractivity (Wildman–Crippen MR) is 78.7 cm³/mol. The number of aromatic nitrogens is 2. The molecule has 1 aliphatic rings. The Morgan fingerprint density at radius 2 is 1.95 bits per heavy atom. The molecule has 4 heteroatoms. The van der Waals surface area contributed by atoms with Gasteiger partial charge < -0.3 is 11.1 Å². The lowest BCUT2D eigenvalue weighted by molar-refractivity contribution is 0.423. The van der Waals surface area contributed by atoms with E-state index in [-0.39, 0.29) is 0 Å². The van der Waals surface area contributed by atoms with Gasteiger partial charge in [-0.25, -0.2) is 4.98 Å². The Morgan fingerprint density at radius 3 is 2.79 bits per heavy atom. The van der Waals surface area contributed by atoms with Gasteiger partial charge in [0.05, 0.1) is 5.52 Å². The van der Waals surface area contributed by atoms with E-state index in [0.29, 0.717) is 11.8 Å². The van der Waals surface area contributed by atoms with E-state index in [9.17, 15) is 0 Å². The van der Waals surface area contributed by atoms with E-state index in [0.717, 1.165) is 23.4 Å². The van der Waals surface area contributed by atoms with Crippen molar-refractivity contribution in [1.29, 1.82) is 0 Å². The highest BCUT2D eigenvalue weighted by atomic mass is 15.1. The lowest BCUT2D eigenvalue weighted by Gasteiger charge is -2.21. The summed E-state index contributed by atoms with van der Waals surface area (Å²) in [7, 11) is 0. The number of benzene rings is 1. The summed E-state index contributed by atoms with van der Waals surface area (Å²) in [5, 5.41) is 4.25. The second-order valence-electron chi connectivity index (χ2n) is 5.14. The van der Waals surface area contributed by atoms with Crippen molar-refractivity contribution >= 4 is 22.7 Å². The first-order valence-electron chi connectivity index (χ1n) is 6.91. The quantitative estimate of drug-likeness (QED) is 0.885. The molecule has 1 radical (unpaired) electrons. The van der Waals surface area contributed by atoms with Crippen LogP contribution in [0.5, 0.6) is 0 Å². The highest BCUT2D eigenvalue weighted by molar-refractivity contribution is 5.88. The van der Waals surface area contributed by atoms with Gasteiger partial charge in [0.15, 0.2) is 0 Å². The Hall–Kier alpha value is -1.84. The van der Waals surface area contributed by atoms with Gasteiger partial charge in [0.2, 0.25) is 5.95 Å². The fourth-order valence-electron chi connectivity index (χ4n) is 2.62. The molecule has 0 spiro atoms. The Bertz CT molecular complexity index is 561. The van der Waals surface area contributed by atoms with Crippen LogP contribution in [0.3, 0.4) is 0 Å². The van der Waals surface area contributed by atoms with Crippen molar-refractivity contribution in [1.82, 2.24) is 9.97 Å². The maximum atomic E-state index is 5.97. The summed E-state index contributed by atoms with van der Waals surface area (Å²) in [4.78, 5) is 8.84. The molecule has 0 atom stereocenters. The second kappa shape index (κ2) is 5.43. The molecule has 1 aliphatic carbocycles. The van der Waals surface area contributed by atoms with Crippen LogP contribution in [0.1, 0.15) is 25.7 Å². The van der Waals surface area contributed by atoms with E-state index in [1.165, 1.54) is 25.7 Å². The van der Waals surface area contributed by atoms with Crippen LogP contribution >= 0.6 is 0 Å². The second-order valence-corrected chi connectivity index (χ2v) is 5.14. The number of para-hydroxylation sites is 1. The van der Waals surface area contributed by atoms with Gasteiger partial charge >= 0.3 is 0 Å². The molecule has 0 aliphatic heterocycles. The summed E-state index contributed by atoms with van der Waals surface area (Å²) in [6.07, 6.45) is 7.35. The van der Waals surface area contributed by atoms with E-state index >= 15 is 0 Å². The van der Waals surface area contributed by atoms with E-state index in [1.54, 1.807) is 0 Å². The predicted octanol–water partition coefficient (Wildman–Crippen LogP) is 3.02. The first-order chi connectivity index (χ1) is 9.33. The van der Waals surface area contributed by atoms with Crippen LogP contribution in [0, 0.1) is 12.3 Å². The minimum Gasteiger partial charge on any atom is -0.383 e. The molecule has 19 heavy (non-hydrogen) atoms. The maximum Gasteiger partial charge on any atom is 0.225 e. The fraction of sp³-hybridized carbons (Fsp3) is 0.400. The monoisotopic (exact) mass is 255 g/mol. The minimum absolute atomic E-state index is 0.546. The highest BCUT2D eigenvalue weighted by Crippen LogP contribution is 2.24. The van der Waals surface area contributed by atoms with Crippen molar-refractivity contribution in [3.63, 3.8) is 0 Å². The number of hydrogen-bond donors (Lipinski definition) is 2. The summed E-state index contributed by atoms with van der Waals surface area (Å²) in [6.45, 7) is 0.936. The van der Waals surface area contributed by atoms with E-state index in [4.69, 9.17) is 5.73 Å². The molecule has 2 aromatic rings. The van der Waals surface area contributed by atoms with Crippen molar-refractivity contribution in [2.45, 2.75) is 25.7 Å². The van der Waals surface area contributed by atoms with Gasteiger partial charge in [-0.15, -0.1) is 0 Å². The summed E-state index contributed by atoms with van der Waals surface area (Å²) in [5.74, 6) is 1.91. The van der Waals surface area contributed by atoms with Gasteiger partial charge in [0, 0.05) is 11.9 Å². The topological polar surface area (TPSA) is 63.8 Å². The van der Waals surface area contributed by atoms with Crippen LogP contribution in [-0.2, 0) is 0 Å². The zero-order valence-corrected chi connectivity index (χ0v) is 11.0. The van der Waals surface area contributed by atoms with E-state index in [1.807, 2.05) is 24.3 Å². The lowest BCUT2D eigenvalue weighted by Crippen LogP contribution is -2.18. The smallest absolute Gasteiger partial charge is 0.225 e. The fourth-order valence-corrected chi connectivity index (χ4v) is 2.62. The highest BCUT2D eigenvalue weighted by Gasteiger charge is 2.14. The molecule has 0 bridgehead atoms. The standard InChI is InChI=1S/C15H19N4/c16-14-12-8-4-5-9-13(12)18-15(19-14)17-10-11-6-2-1-3-7-11/h1,4-5,8-9,11H,2-3,6-7,10H2,(H3,16,17,18,19). The molecule has 3 N–H and O–H groups in total. The third kappa shape index (κ3) is 2.78. The summed E-state index contributed by atoms with van der Waals surface area (Å²) < 4.78 is 0. The van der Waals surface area contributed by atoms with Crippen molar-refractivity contribution in [3.8, 4) is 0 Å². The van der Waals surface area contributed by atoms with Crippen molar-refractivity contribution in [2.24, 2.45) is 5.92 Å². The molecule has 0 amide bonds. The zero-order valence-electron chi connectivity index (χ0n) is 11.0. The van der Waals surface area contributed by atoms with E-state index < -0.39 is 0 Å². The van der Waals surface area contributed by atoms with Gasteiger partial charge in [-0.2, -0.15) is 4.98 Å². The number of hydrogen-bond acceptors (Lipinski definition) is 4. The summed E-state index contributed by atoms with van der Waals surface area (Å²) in [5.41, 5.74) is 6.87. The SMILES string of the molecule is Nc1nc(NCC2CC[CH]CC2)nc2ccccc12. The molecule has 3 rings (SSSR count). The number of fused-ring (bicyclic) bond motifs is 1. The molecule has 1 fully saturated rings. The maximum absolute atomic E-state index is 5.97. The zero-order chi connectivity index (χ0) is 13.1. The molecule has 1 aromatic heterocycles. The van der Waals surface area contributed by atoms with Crippen LogP contribution < -0.4 is 11.1 Å². The Morgan fingerprint density at radius 1 is 1.16 bits per heavy atom. The van der Waals surface area contributed by atoms with Crippen LogP contribution in [-0.4, -0.2) is 16.5 Å². The molecule has 1 saturated carbocycles. The third-order valence-corrected chi connectivity index (χ3v) is 3.74. The molecule has 4 nitrogen and oxygen atoms in total. The van der Waals surface area contributed by atoms with Gasteiger partial charge in [0.1, 0.15) is 5.82 Å². The first-order valence-corrected chi connectivity index (χ1v) is 6.91. The number of nitrogens with one attached hydrogen (secondary N) is 1. The Labute approximate surface area is 113 Å². The van der Waals surface area contributed by atoms with Crippen LogP contribution in [0.4, 0.5) is 11.8 Å². The van der Waals surface area contributed by atoms with Crippen molar-refractivity contribution in [2.75, 3.05) is 17.6 Å². The van der Waals surface area contributed by atoms with Crippen LogP contribution in [0.25, 0.3) is 10.9 Å². The van der Waals surface area contributed by atoms with Crippen molar-refractivity contribution in [3.05, 3.63) is 30.7 Å². The minimum atomic E-state index is 0.546. The Balaban J connectivity index is 1.73. The molecule has 99 valence electrons. The summed E-state index contributed by atoms with van der Waals surface area (Å²) in [6, 6.07) is 7.84. The summed E-state index contributed by atoms with van der Waals surface area (Å²) >= 11 is 0. The molecular formula is C15H19N4. The Kier molecular flexibility index (Phi) is 3.49. The number of nitrogen functional groups attached to an aromatic ring is 1. The number of anilines is 2. The van der Waals surface area contributed by atoms with Crippen molar-refractivity contribution < 1.29 is 0 Å². The van der Waals surface area contributed by atoms with E-state index in [2.05, 4.69) is 21.7 Å². The largest absolute Gasteiger partial charge is 0.383 e.